The minimum atomic E-state index is -0.0845. The van der Waals surface area contributed by atoms with Crippen molar-refractivity contribution in [1.29, 1.82) is 0 Å². The van der Waals surface area contributed by atoms with Crippen LogP contribution < -0.4 is 14.8 Å². The first-order valence-electron chi connectivity index (χ1n) is 10.1. The average Bonchev–Trinajstić information content (AvgIpc) is 3.08. The zero-order valence-electron chi connectivity index (χ0n) is 18.6. The van der Waals surface area contributed by atoms with Crippen molar-refractivity contribution in [3.8, 4) is 11.5 Å². The van der Waals surface area contributed by atoms with Crippen LogP contribution in [0.1, 0.15) is 29.4 Å². The van der Waals surface area contributed by atoms with Crippen molar-refractivity contribution in [2.75, 3.05) is 17.7 Å². The molecular weight excluding hydrogens is 412 g/mol. The van der Waals surface area contributed by atoms with E-state index >= 15 is 0 Å². The summed E-state index contributed by atoms with van der Waals surface area (Å²) in [4.78, 5) is 12.4. The van der Waals surface area contributed by atoms with Crippen LogP contribution in [0.5, 0.6) is 11.5 Å². The molecule has 1 N–H and O–H groups in total. The first kappa shape index (κ1) is 22.7. The van der Waals surface area contributed by atoms with E-state index in [1.807, 2.05) is 75.7 Å². The predicted molar refractivity (Wildman–Crippen MR) is 123 cm³/mol. The standard InChI is InChI=1S/C23H28N4O3S/c1-6-29-20-12-16(3)8-10-19(20)30-13-21-25-26-23(27(21)5)31-14-22(28)24-18-9-7-15(2)11-17(18)4/h7-12H,6,13-14H2,1-5H3,(H,24,28). The lowest BCUT2D eigenvalue weighted by atomic mass is 10.1. The number of ether oxygens (including phenoxy) is 2. The molecule has 1 amide bonds. The van der Waals surface area contributed by atoms with E-state index in [2.05, 4.69) is 15.5 Å². The first-order valence-corrected chi connectivity index (χ1v) is 11.1. The molecule has 0 spiro atoms. The van der Waals surface area contributed by atoms with Gasteiger partial charge in [0, 0.05) is 12.7 Å². The van der Waals surface area contributed by atoms with Gasteiger partial charge < -0.3 is 19.4 Å². The van der Waals surface area contributed by atoms with Crippen LogP contribution >= 0.6 is 11.8 Å². The Morgan fingerprint density at radius 2 is 1.77 bits per heavy atom. The zero-order chi connectivity index (χ0) is 22.4. The Kier molecular flexibility index (Phi) is 7.57. The van der Waals surface area contributed by atoms with Crippen LogP contribution in [-0.2, 0) is 18.4 Å². The fraction of sp³-hybridized carbons (Fsp3) is 0.348. The summed E-state index contributed by atoms with van der Waals surface area (Å²) in [7, 11) is 1.86. The van der Waals surface area contributed by atoms with Gasteiger partial charge in [0.05, 0.1) is 12.4 Å². The molecule has 0 saturated heterocycles. The number of rotatable bonds is 9. The molecular formula is C23H28N4O3S. The molecule has 0 aliphatic heterocycles. The van der Waals surface area contributed by atoms with Gasteiger partial charge >= 0.3 is 0 Å². The number of carbonyl (C=O) groups excluding carboxylic acids is 1. The quantitative estimate of drug-likeness (QED) is 0.495. The molecule has 31 heavy (non-hydrogen) atoms. The Labute approximate surface area is 187 Å². The number of aromatic nitrogens is 3. The van der Waals surface area contributed by atoms with Crippen LogP contribution in [0.3, 0.4) is 0 Å². The lowest BCUT2D eigenvalue weighted by molar-refractivity contribution is -0.113. The van der Waals surface area contributed by atoms with E-state index in [9.17, 15) is 4.79 Å². The fourth-order valence-corrected chi connectivity index (χ4v) is 3.74. The smallest absolute Gasteiger partial charge is 0.234 e. The van der Waals surface area contributed by atoms with Crippen molar-refractivity contribution in [2.45, 2.75) is 39.5 Å². The third kappa shape index (κ3) is 6.01. The van der Waals surface area contributed by atoms with Gasteiger partial charge in [-0.25, -0.2) is 0 Å². The normalized spacial score (nSPS) is 10.7. The second-order valence-electron chi connectivity index (χ2n) is 7.28. The number of hydrogen-bond donors (Lipinski definition) is 1. The molecule has 0 aliphatic carbocycles. The lowest BCUT2D eigenvalue weighted by Crippen LogP contribution is -2.15. The Balaban J connectivity index is 1.57. The molecule has 1 aromatic heterocycles. The molecule has 1 heterocycles. The van der Waals surface area contributed by atoms with Gasteiger partial charge in [0.25, 0.3) is 0 Å². The molecule has 0 atom stereocenters. The minimum absolute atomic E-state index is 0.0845. The molecule has 0 saturated carbocycles. The van der Waals surface area contributed by atoms with E-state index < -0.39 is 0 Å². The molecule has 0 radical (unpaired) electrons. The van der Waals surface area contributed by atoms with Crippen molar-refractivity contribution >= 4 is 23.4 Å². The largest absolute Gasteiger partial charge is 0.490 e. The van der Waals surface area contributed by atoms with Gasteiger partial charge in [-0.1, -0.05) is 35.5 Å². The summed E-state index contributed by atoms with van der Waals surface area (Å²) in [6, 6.07) is 11.8. The number of nitrogens with zero attached hydrogens (tertiary/aromatic N) is 3. The predicted octanol–water partition coefficient (Wildman–Crippen LogP) is 4.45. The molecule has 0 bridgehead atoms. The van der Waals surface area contributed by atoms with Gasteiger partial charge in [-0.05, 0) is 57.0 Å². The number of amides is 1. The van der Waals surface area contributed by atoms with Crippen LogP contribution in [0, 0.1) is 20.8 Å². The SMILES string of the molecule is CCOc1cc(C)ccc1OCc1nnc(SCC(=O)Nc2ccc(C)cc2C)n1C. The summed E-state index contributed by atoms with van der Waals surface area (Å²) >= 11 is 1.34. The maximum Gasteiger partial charge on any atom is 0.234 e. The number of aryl methyl sites for hydroxylation is 3. The number of anilines is 1. The van der Waals surface area contributed by atoms with Crippen LogP contribution in [0.4, 0.5) is 5.69 Å². The zero-order valence-corrected chi connectivity index (χ0v) is 19.4. The molecule has 3 aromatic rings. The van der Waals surface area contributed by atoms with E-state index in [1.54, 1.807) is 0 Å². The Morgan fingerprint density at radius 1 is 1.03 bits per heavy atom. The van der Waals surface area contributed by atoms with E-state index in [0.29, 0.717) is 29.1 Å². The maximum atomic E-state index is 12.4. The van der Waals surface area contributed by atoms with E-state index in [0.717, 1.165) is 22.4 Å². The third-order valence-electron chi connectivity index (χ3n) is 4.67. The molecule has 0 fully saturated rings. The second-order valence-corrected chi connectivity index (χ2v) is 8.23. The van der Waals surface area contributed by atoms with Gasteiger partial charge in [0.15, 0.2) is 22.5 Å². The van der Waals surface area contributed by atoms with Gasteiger partial charge in [0.2, 0.25) is 5.91 Å². The van der Waals surface area contributed by atoms with Crippen LogP contribution in [0.2, 0.25) is 0 Å². The van der Waals surface area contributed by atoms with Gasteiger partial charge in [-0.15, -0.1) is 10.2 Å². The van der Waals surface area contributed by atoms with Gasteiger partial charge in [0.1, 0.15) is 6.61 Å². The van der Waals surface area contributed by atoms with Crippen molar-refractivity contribution in [3.63, 3.8) is 0 Å². The van der Waals surface area contributed by atoms with Gasteiger partial charge in [-0.2, -0.15) is 0 Å². The molecule has 164 valence electrons. The van der Waals surface area contributed by atoms with Crippen LogP contribution in [-0.4, -0.2) is 33.0 Å². The monoisotopic (exact) mass is 440 g/mol. The lowest BCUT2D eigenvalue weighted by Gasteiger charge is -2.12. The summed E-state index contributed by atoms with van der Waals surface area (Å²) in [6.45, 7) is 8.77. The van der Waals surface area contributed by atoms with Gasteiger partial charge in [-0.3, -0.25) is 4.79 Å². The number of thioether (sulfide) groups is 1. The number of hydrogen-bond acceptors (Lipinski definition) is 6. The Bertz CT molecular complexity index is 1060. The summed E-state index contributed by atoms with van der Waals surface area (Å²) in [6.07, 6.45) is 0. The fourth-order valence-electron chi connectivity index (χ4n) is 3.01. The number of carbonyl (C=O) groups is 1. The minimum Gasteiger partial charge on any atom is -0.490 e. The highest BCUT2D eigenvalue weighted by molar-refractivity contribution is 7.99. The summed E-state index contributed by atoms with van der Waals surface area (Å²) in [5.41, 5.74) is 4.13. The second kappa shape index (κ2) is 10.3. The first-order chi connectivity index (χ1) is 14.9. The van der Waals surface area contributed by atoms with Crippen molar-refractivity contribution < 1.29 is 14.3 Å². The van der Waals surface area contributed by atoms with E-state index in [1.165, 1.54) is 11.8 Å². The van der Waals surface area contributed by atoms with Crippen LogP contribution in [0.15, 0.2) is 41.6 Å². The van der Waals surface area contributed by atoms with Crippen molar-refractivity contribution in [2.24, 2.45) is 7.05 Å². The van der Waals surface area contributed by atoms with E-state index in [4.69, 9.17) is 9.47 Å². The maximum absolute atomic E-state index is 12.4. The molecule has 7 nitrogen and oxygen atoms in total. The number of benzene rings is 2. The van der Waals surface area contributed by atoms with Crippen molar-refractivity contribution in [3.05, 3.63) is 58.9 Å². The van der Waals surface area contributed by atoms with E-state index in [-0.39, 0.29) is 18.3 Å². The summed E-state index contributed by atoms with van der Waals surface area (Å²) in [5, 5.41) is 12.0. The molecule has 0 aliphatic rings. The van der Waals surface area contributed by atoms with Crippen LogP contribution in [0.25, 0.3) is 0 Å². The average molecular weight is 441 g/mol. The Hall–Kier alpha value is -3.00. The molecule has 2 aromatic carbocycles. The summed E-state index contributed by atoms with van der Waals surface area (Å²) < 4.78 is 13.4. The highest BCUT2D eigenvalue weighted by Gasteiger charge is 2.14. The Morgan fingerprint density at radius 3 is 2.52 bits per heavy atom. The number of nitrogens with one attached hydrogen (secondary N) is 1. The highest BCUT2D eigenvalue weighted by atomic mass is 32.2. The summed E-state index contributed by atoms with van der Waals surface area (Å²) in [5.74, 6) is 2.20. The third-order valence-corrected chi connectivity index (χ3v) is 5.69. The topological polar surface area (TPSA) is 78.3 Å². The molecule has 8 heteroatoms. The highest BCUT2D eigenvalue weighted by Crippen LogP contribution is 2.29. The van der Waals surface area contributed by atoms with Crippen molar-refractivity contribution in [1.82, 2.24) is 14.8 Å². The molecule has 0 unspecified atom stereocenters. The molecule has 3 rings (SSSR count).